The van der Waals surface area contributed by atoms with Crippen molar-refractivity contribution in [2.75, 3.05) is 33.0 Å². The predicted molar refractivity (Wildman–Crippen MR) is 190 cm³/mol. The molecule has 0 aromatic heterocycles. The molecule has 2 amide bonds. The first-order chi connectivity index (χ1) is 29.3. The summed E-state index contributed by atoms with van der Waals surface area (Å²) in [5.74, 6) is -1.47. The highest BCUT2D eigenvalue weighted by Crippen LogP contribution is 2.34. The Hall–Kier alpha value is -2.02. The highest BCUT2D eigenvalue weighted by atomic mass is 16.8. The monoisotopic (exact) mass is 910 g/mol. The van der Waals surface area contributed by atoms with E-state index in [-0.39, 0.29) is 0 Å². The van der Waals surface area contributed by atoms with Gasteiger partial charge in [0.15, 0.2) is 31.5 Å². The maximum Gasteiger partial charge on any atom is 0.217 e. The molecule has 5 saturated heterocycles. The van der Waals surface area contributed by atoms with Gasteiger partial charge in [-0.2, -0.15) is 0 Å². The van der Waals surface area contributed by atoms with Crippen molar-refractivity contribution in [1.29, 1.82) is 0 Å². The maximum atomic E-state index is 12.0. The lowest BCUT2D eigenvalue weighted by atomic mass is 9.95. The van der Waals surface area contributed by atoms with Crippen molar-refractivity contribution in [3.05, 3.63) is 0 Å². The lowest BCUT2D eigenvalue weighted by Crippen LogP contribution is -2.69. The first-order valence-corrected chi connectivity index (χ1v) is 19.6. The number of hydrogen-bond donors (Lipinski definition) is 17. The smallest absolute Gasteiger partial charge is 0.217 e. The van der Waals surface area contributed by atoms with Crippen molar-refractivity contribution in [2.45, 2.75) is 167 Å². The summed E-state index contributed by atoms with van der Waals surface area (Å²) in [7, 11) is 0. The molecule has 5 heterocycles. The van der Waals surface area contributed by atoms with Gasteiger partial charge in [-0.1, -0.05) is 0 Å². The van der Waals surface area contributed by atoms with Crippen molar-refractivity contribution >= 4 is 11.8 Å². The van der Waals surface area contributed by atoms with Gasteiger partial charge in [0.2, 0.25) is 11.8 Å². The molecule has 28 heteroatoms. The molecule has 5 aliphatic heterocycles. The first kappa shape index (κ1) is 51.0. The molecule has 17 N–H and O–H groups in total. The first-order valence-electron chi connectivity index (χ1n) is 19.6. The standard InChI is InChI=1S/C34H58N2O26/c1-8(41)35-15-22(48)17(43)10(3-37)56-31(15)61-28-24(50)19(45)12(5-39)58-33(28)54-7-14-21(47)27(26(52)30(53)55-14)60-34-29(25(51)20(46)13(6-40)59-34)62-32-16(36-9(2)42)23(49)18(44)11(4-38)57-32/h10-34,37-40,43-53H,3-7H2,1-2H3,(H,35,41)(H,36,42)/t10-,11-,12-,13-,14-,15-,16-,17-,18-,19-,20-,21-,22-,23-,24+,25+,26+,27+,28+,29+,30?,31+,32+,33+,34-/m1/s1. The van der Waals surface area contributed by atoms with E-state index in [2.05, 4.69) is 10.6 Å². The van der Waals surface area contributed by atoms with E-state index in [9.17, 15) is 86.2 Å². The van der Waals surface area contributed by atoms with Crippen molar-refractivity contribution in [3.63, 3.8) is 0 Å². The Kier molecular flexibility index (Phi) is 18.1. The highest BCUT2D eigenvalue weighted by Gasteiger charge is 2.56. The number of ether oxygens (including phenoxy) is 9. The third-order valence-electron chi connectivity index (χ3n) is 11.1. The SMILES string of the molecule is CC(=O)N[C@H]1[C@H](O[C@@H]2[C@@H](OC[C@H]3OC(O)[C@@H](O)[C@@H](O[C@H]4O[C@H](CO)[C@@H](O)[C@H](O)[C@@H]4O[C@@H]4O[C@H](CO)[C@@H](O)[C@H](O)[C@H]4NC(C)=O)[C@@H]3O)O[C@H](CO)[C@@H](O)[C@@H]2O)O[C@H](CO)[C@@H](O)[C@@H]1O. The Morgan fingerprint density at radius 3 is 1.18 bits per heavy atom. The van der Waals surface area contributed by atoms with E-state index < -0.39 is 198 Å². The van der Waals surface area contributed by atoms with Gasteiger partial charge in [-0.3, -0.25) is 9.59 Å². The predicted octanol–water partition coefficient (Wildman–Crippen LogP) is -11.6. The van der Waals surface area contributed by atoms with E-state index in [0.717, 1.165) is 13.8 Å². The average Bonchev–Trinajstić information content (AvgIpc) is 3.23. The molecule has 360 valence electrons. The van der Waals surface area contributed by atoms with Crippen LogP contribution in [0.1, 0.15) is 13.8 Å². The Morgan fingerprint density at radius 2 is 0.774 bits per heavy atom. The minimum Gasteiger partial charge on any atom is -0.394 e. The second-order valence-corrected chi connectivity index (χ2v) is 15.5. The number of hydrogen-bond acceptors (Lipinski definition) is 26. The molecule has 0 spiro atoms. The van der Waals surface area contributed by atoms with Crippen LogP contribution in [0, 0.1) is 0 Å². The minimum atomic E-state index is -2.19. The summed E-state index contributed by atoms with van der Waals surface area (Å²) >= 11 is 0. The van der Waals surface area contributed by atoms with Gasteiger partial charge >= 0.3 is 0 Å². The fraction of sp³-hybridized carbons (Fsp3) is 0.941. The van der Waals surface area contributed by atoms with Gasteiger partial charge in [0.25, 0.3) is 0 Å². The summed E-state index contributed by atoms with van der Waals surface area (Å²) < 4.78 is 50.9. The largest absolute Gasteiger partial charge is 0.394 e. The van der Waals surface area contributed by atoms with E-state index in [1.165, 1.54) is 0 Å². The van der Waals surface area contributed by atoms with E-state index in [4.69, 9.17) is 42.6 Å². The molecule has 5 rings (SSSR count). The summed E-state index contributed by atoms with van der Waals surface area (Å²) in [6, 6.07) is -3.13. The number of rotatable bonds is 15. The van der Waals surface area contributed by atoms with Crippen LogP contribution in [-0.4, -0.2) is 275 Å². The van der Waals surface area contributed by atoms with E-state index >= 15 is 0 Å². The molecule has 0 bridgehead atoms. The van der Waals surface area contributed by atoms with Crippen LogP contribution in [0.3, 0.4) is 0 Å². The topological polar surface area (TPSA) is 445 Å². The van der Waals surface area contributed by atoms with Crippen LogP contribution in [0.5, 0.6) is 0 Å². The fourth-order valence-corrected chi connectivity index (χ4v) is 7.69. The van der Waals surface area contributed by atoms with E-state index in [1.54, 1.807) is 0 Å². The number of aliphatic hydroxyl groups is 15. The second kappa shape index (κ2) is 22.0. The number of aliphatic hydroxyl groups excluding tert-OH is 15. The van der Waals surface area contributed by atoms with Gasteiger partial charge in [0.05, 0.1) is 33.0 Å². The lowest BCUT2D eigenvalue weighted by molar-refractivity contribution is -0.385. The number of nitrogens with one attached hydrogen (secondary N) is 2. The summed E-state index contributed by atoms with van der Waals surface area (Å²) in [5.41, 5.74) is 0. The molecule has 0 aromatic rings. The number of carbonyl (C=O) groups excluding carboxylic acids is 2. The van der Waals surface area contributed by atoms with Gasteiger partial charge in [0.1, 0.15) is 122 Å². The second-order valence-electron chi connectivity index (χ2n) is 15.5. The molecule has 0 aromatic carbocycles. The van der Waals surface area contributed by atoms with E-state index in [1.807, 2.05) is 0 Å². The van der Waals surface area contributed by atoms with Crippen LogP contribution in [0.2, 0.25) is 0 Å². The molecular formula is C34H58N2O26. The quantitative estimate of drug-likeness (QED) is 0.0725. The van der Waals surface area contributed by atoms with Gasteiger partial charge in [-0.25, -0.2) is 0 Å². The van der Waals surface area contributed by atoms with Crippen LogP contribution in [0.25, 0.3) is 0 Å². The van der Waals surface area contributed by atoms with Crippen molar-refractivity contribution < 1.29 is 129 Å². The molecule has 28 nitrogen and oxygen atoms in total. The third kappa shape index (κ3) is 11.0. The normalized spacial score (nSPS) is 49.0. The maximum absolute atomic E-state index is 12.0. The Balaban J connectivity index is 1.37. The molecule has 0 saturated carbocycles. The fourth-order valence-electron chi connectivity index (χ4n) is 7.69. The van der Waals surface area contributed by atoms with Gasteiger partial charge < -0.3 is 130 Å². The van der Waals surface area contributed by atoms with Crippen LogP contribution in [-0.2, 0) is 52.2 Å². The zero-order chi connectivity index (χ0) is 45.9. The van der Waals surface area contributed by atoms with Crippen LogP contribution in [0.4, 0.5) is 0 Å². The van der Waals surface area contributed by atoms with Crippen molar-refractivity contribution in [1.82, 2.24) is 10.6 Å². The van der Waals surface area contributed by atoms with Gasteiger partial charge in [-0.15, -0.1) is 0 Å². The molecular weight excluding hydrogens is 852 g/mol. The molecule has 0 radical (unpaired) electrons. The van der Waals surface area contributed by atoms with Gasteiger partial charge in [-0.05, 0) is 0 Å². The van der Waals surface area contributed by atoms with Crippen LogP contribution >= 0.6 is 0 Å². The minimum absolute atomic E-state index is 0.727. The Labute approximate surface area is 351 Å². The number of amides is 2. The van der Waals surface area contributed by atoms with Crippen LogP contribution in [0.15, 0.2) is 0 Å². The molecule has 0 aliphatic carbocycles. The van der Waals surface area contributed by atoms with Gasteiger partial charge in [0, 0.05) is 13.8 Å². The number of carbonyl (C=O) groups is 2. The van der Waals surface area contributed by atoms with Crippen molar-refractivity contribution in [2.24, 2.45) is 0 Å². The summed E-state index contributed by atoms with van der Waals surface area (Å²) in [4.78, 5) is 24.0. The van der Waals surface area contributed by atoms with Crippen LogP contribution < -0.4 is 10.6 Å². The van der Waals surface area contributed by atoms with E-state index in [0.29, 0.717) is 0 Å². The zero-order valence-electron chi connectivity index (χ0n) is 33.2. The molecule has 5 aliphatic rings. The highest BCUT2D eigenvalue weighted by molar-refractivity contribution is 5.73. The molecule has 62 heavy (non-hydrogen) atoms. The zero-order valence-corrected chi connectivity index (χ0v) is 33.2. The Morgan fingerprint density at radius 1 is 0.419 bits per heavy atom. The molecule has 1 unspecified atom stereocenters. The third-order valence-corrected chi connectivity index (χ3v) is 11.1. The molecule has 25 atom stereocenters. The molecule has 5 fully saturated rings. The average molecular weight is 911 g/mol. The summed E-state index contributed by atoms with van der Waals surface area (Å²) in [6.45, 7) is -2.29. The summed E-state index contributed by atoms with van der Waals surface area (Å²) in [5, 5.41) is 163. The van der Waals surface area contributed by atoms with Crippen molar-refractivity contribution in [3.8, 4) is 0 Å². The summed E-state index contributed by atoms with van der Waals surface area (Å²) in [6.07, 6.45) is -42.4. The Bertz CT molecular complexity index is 1440. The lowest BCUT2D eigenvalue weighted by Gasteiger charge is -2.49.